The molecule has 0 aromatic heterocycles. The van der Waals surface area contributed by atoms with E-state index >= 15 is 0 Å². The summed E-state index contributed by atoms with van der Waals surface area (Å²) in [6.07, 6.45) is 0.595. The molecule has 1 atom stereocenters. The molecule has 0 aliphatic carbocycles. The van der Waals surface area contributed by atoms with Crippen LogP contribution in [0.3, 0.4) is 0 Å². The van der Waals surface area contributed by atoms with Gasteiger partial charge in [0, 0.05) is 0 Å². The lowest BCUT2D eigenvalue weighted by Crippen LogP contribution is -2.46. The molecule has 60 valence electrons. The van der Waals surface area contributed by atoms with Crippen LogP contribution in [0.15, 0.2) is 0 Å². The van der Waals surface area contributed by atoms with E-state index < -0.39 is 5.72 Å². The highest BCUT2D eigenvalue weighted by Crippen LogP contribution is 2.13. The molecule has 2 N–H and O–H groups in total. The summed E-state index contributed by atoms with van der Waals surface area (Å²) in [6.45, 7) is 7.08. The van der Waals surface area contributed by atoms with Crippen LogP contribution in [-0.4, -0.2) is 17.6 Å². The normalized spacial score (nSPS) is 18.1. The van der Waals surface area contributed by atoms with Gasteiger partial charge in [0.2, 0.25) is 0 Å². The summed E-state index contributed by atoms with van der Waals surface area (Å²) in [5.74, 6) is 0. The van der Waals surface area contributed by atoms with Gasteiger partial charge in [0.05, 0.1) is 5.60 Å². The van der Waals surface area contributed by atoms with Crippen molar-refractivity contribution in [3.63, 3.8) is 0 Å². The first-order valence-electron chi connectivity index (χ1n) is 3.22. The molecule has 0 saturated carbocycles. The summed E-state index contributed by atoms with van der Waals surface area (Å²) < 4.78 is 5.18. The van der Waals surface area contributed by atoms with E-state index in [2.05, 4.69) is 0 Å². The first-order valence-corrected chi connectivity index (χ1v) is 3.22. The zero-order valence-electron chi connectivity index (χ0n) is 6.97. The van der Waals surface area contributed by atoms with Crippen molar-refractivity contribution in [2.75, 3.05) is 0 Å². The molecule has 0 fully saturated rings. The fraction of sp³-hybridized carbons (Fsp3) is 0.857. The van der Waals surface area contributed by atoms with Gasteiger partial charge in [-0.15, -0.1) is 0 Å². The highest BCUT2D eigenvalue weighted by molar-refractivity contribution is 5.60. The Kier molecular flexibility index (Phi) is 2.57. The van der Waals surface area contributed by atoms with E-state index in [1.807, 2.05) is 20.8 Å². The average Bonchev–Trinajstić information content (AvgIpc) is 1.60. The fourth-order valence-electron chi connectivity index (χ4n) is 0.684. The van der Waals surface area contributed by atoms with Crippen LogP contribution >= 0.6 is 0 Å². The van der Waals surface area contributed by atoms with Gasteiger partial charge in [-0.3, -0.25) is 10.5 Å². The Morgan fingerprint density at radius 3 is 1.80 bits per heavy atom. The number of nitrogens with two attached hydrogens (primary N) is 1. The number of hydrogen-bond acceptors (Lipinski definition) is 3. The second-order valence-electron chi connectivity index (χ2n) is 3.52. The molecule has 0 bridgehead atoms. The Hall–Kier alpha value is -0.410. The predicted octanol–water partition coefficient (Wildman–Crippen LogP) is 0.675. The van der Waals surface area contributed by atoms with Crippen LogP contribution in [0.4, 0.5) is 0 Å². The largest absolute Gasteiger partial charge is 0.348 e. The second-order valence-corrected chi connectivity index (χ2v) is 3.52. The number of aldehydes is 1. The lowest BCUT2D eigenvalue weighted by Gasteiger charge is -2.28. The number of ether oxygens (including phenoxy) is 1. The van der Waals surface area contributed by atoms with Crippen LogP contribution in [-0.2, 0) is 9.53 Å². The Bertz CT molecular complexity index is 124. The molecule has 3 nitrogen and oxygen atoms in total. The van der Waals surface area contributed by atoms with Gasteiger partial charge in [-0.05, 0) is 27.7 Å². The molecular weight excluding hydrogens is 130 g/mol. The van der Waals surface area contributed by atoms with Crippen LogP contribution < -0.4 is 5.73 Å². The molecule has 0 spiro atoms. The van der Waals surface area contributed by atoms with Crippen molar-refractivity contribution in [3.8, 4) is 0 Å². The highest BCUT2D eigenvalue weighted by atomic mass is 16.5. The first kappa shape index (κ1) is 9.59. The summed E-state index contributed by atoms with van der Waals surface area (Å²) in [5.41, 5.74) is 3.89. The molecule has 1 unspecified atom stereocenters. The molecule has 0 aromatic carbocycles. The lowest BCUT2D eigenvalue weighted by atomic mass is 10.1. The smallest absolute Gasteiger partial charge is 0.170 e. The first-order chi connectivity index (χ1) is 4.27. The molecule has 0 amide bonds. The summed E-state index contributed by atoms with van der Waals surface area (Å²) in [5, 5.41) is 0. The molecule has 0 aliphatic heterocycles. The molecular formula is C7H15NO2. The highest BCUT2D eigenvalue weighted by Gasteiger charge is 2.25. The summed E-state index contributed by atoms with van der Waals surface area (Å²) >= 11 is 0. The number of carbonyl (C=O) groups is 1. The minimum Gasteiger partial charge on any atom is -0.348 e. The lowest BCUT2D eigenvalue weighted by molar-refractivity contribution is -0.147. The maximum absolute atomic E-state index is 10.3. The van der Waals surface area contributed by atoms with Crippen LogP contribution in [0.25, 0.3) is 0 Å². The minimum atomic E-state index is -1.15. The standard InChI is InChI=1S/C7H15NO2/c1-6(2,3)10-7(4,8)5-9/h5H,8H2,1-4H3. The van der Waals surface area contributed by atoms with Crippen molar-refractivity contribution >= 4 is 6.29 Å². The molecule has 0 heterocycles. The number of rotatable bonds is 2. The monoisotopic (exact) mass is 145 g/mol. The predicted molar refractivity (Wildman–Crippen MR) is 39.5 cm³/mol. The fourth-order valence-corrected chi connectivity index (χ4v) is 0.684. The molecule has 0 radical (unpaired) electrons. The third-order valence-electron chi connectivity index (χ3n) is 0.760. The second kappa shape index (κ2) is 2.68. The van der Waals surface area contributed by atoms with E-state index in [0.717, 1.165) is 0 Å². The molecule has 0 aromatic rings. The van der Waals surface area contributed by atoms with Crippen molar-refractivity contribution < 1.29 is 9.53 Å². The van der Waals surface area contributed by atoms with Crippen LogP contribution in [0, 0.1) is 0 Å². The van der Waals surface area contributed by atoms with Crippen molar-refractivity contribution in [2.45, 2.75) is 39.0 Å². The zero-order valence-corrected chi connectivity index (χ0v) is 6.97. The third-order valence-corrected chi connectivity index (χ3v) is 0.760. The molecule has 0 rings (SSSR count). The van der Waals surface area contributed by atoms with E-state index in [0.29, 0.717) is 6.29 Å². The number of carbonyl (C=O) groups excluding carboxylic acids is 1. The Morgan fingerprint density at radius 2 is 1.70 bits per heavy atom. The van der Waals surface area contributed by atoms with Gasteiger partial charge < -0.3 is 4.74 Å². The van der Waals surface area contributed by atoms with Crippen molar-refractivity contribution in [3.05, 3.63) is 0 Å². The maximum Gasteiger partial charge on any atom is 0.170 e. The SMILES string of the molecule is CC(C)(C)OC(C)(N)C=O. The van der Waals surface area contributed by atoms with Gasteiger partial charge >= 0.3 is 0 Å². The van der Waals surface area contributed by atoms with Crippen LogP contribution in [0.5, 0.6) is 0 Å². The molecule has 0 saturated heterocycles. The Morgan fingerprint density at radius 1 is 1.30 bits per heavy atom. The molecule has 10 heavy (non-hydrogen) atoms. The number of hydrogen-bond donors (Lipinski definition) is 1. The summed E-state index contributed by atoms with van der Waals surface area (Å²) in [6, 6.07) is 0. The van der Waals surface area contributed by atoms with E-state index in [1.54, 1.807) is 0 Å². The van der Waals surface area contributed by atoms with Crippen LogP contribution in [0.1, 0.15) is 27.7 Å². The van der Waals surface area contributed by atoms with Gasteiger partial charge in [0.15, 0.2) is 12.0 Å². The van der Waals surface area contributed by atoms with E-state index in [9.17, 15) is 4.79 Å². The summed E-state index contributed by atoms with van der Waals surface area (Å²) in [7, 11) is 0. The van der Waals surface area contributed by atoms with Crippen LogP contribution in [0.2, 0.25) is 0 Å². The van der Waals surface area contributed by atoms with Gasteiger partial charge in [-0.25, -0.2) is 0 Å². The average molecular weight is 145 g/mol. The Labute approximate surface area is 61.5 Å². The van der Waals surface area contributed by atoms with Crippen molar-refractivity contribution in [1.82, 2.24) is 0 Å². The van der Waals surface area contributed by atoms with E-state index in [4.69, 9.17) is 10.5 Å². The topological polar surface area (TPSA) is 52.3 Å². The maximum atomic E-state index is 10.3. The Balaban J connectivity index is 4.01. The molecule has 0 aliphatic rings. The van der Waals surface area contributed by atoms with E-state index in [1.165, 1.54) is 6.92 Å². The minimum absolute atomic E-state index is 0.371. The molecule has 3 heteroatoms. The third kappa shape index (κ3) is 4.47. The summed E-state index contributed by atoms with van der Waals surface area (Å²) in [4.78, 5) is 10.3. The van der Waals surface area contributed by atoms with Crippen molar-refractivity contribution in [2.24, 2.45) is 5.73 Å². The van der Waals surface area contributed by atoms with Gasteiger partial charge in [0.25, 0.3) is 0 Å². The van der Waals surface area contributed by atoms with Gasteiger partial charge in [-0.2, -0.15) is 0 Å². The zero-order chi connectivity index (χ0) is 8.41. The van der Waals surface area contributed by atoms with Gasteiger partial charge in [0.1, 0.15) is 0 Å². The van der Waals surface area contributed by atoms with Gasteiger partial charge in [-0.1, -0.05) is 0 Å². The quantitative estimate of drug-likeness (QED) is 0.459. The van der Waals surface area contributed by atoms with Crippen molar-refractivity contribution in [1.29, 1.82) is 0 Å². The van der Waals surface area contributed by atoms with E-state index in [-0.39, 0.29) is 5.60 Å².